The smallest absolute Gasteiger partial charge is 0.259 e. The topological polar surface area (TPSA) is 119 Å². The Hall–Kier alpha value is -3.26. The Kier molecular flexibility index (Phi) is 4.44. The second-order valence-corrected chi connectivity index (χ2v) is 5.70. The van der Waals surface area contributed by atoms with E-state index in [-0.39, 0.29) is 5.95 Å². The lowest BCUT2D eigenvalue weighted by Crippen LogP contribution is -2.35. The van der Waals surface area contributed by atoms with E-state index in [2.05, 4.69) is 15.0 Å². The molecule has 0 saturated carbocycles. The zero-order valence-corrected chi connectivity index (χ0v) is 13.9. The van der Waals surface area contributed by atoms with Crippen molar-refractivity contribution in [2.75, 3.05) is 0 Å². The Morgan fingerprint density at radius 1 is 1.24 bits per heavy atom. The summed E-state index contributed by atoms with van der Waals surface area (Å²) in [6.45, 7) is 1.98. The molecule has 0 atom stereocenters. The number of fused-ring (bicyclic) bond motifs is 1. The Morgan fingerprint density at radius 3 is 2.64 bits per heavy atom. The van der Waals surface area contributed by atoms with Crippen molar-refractivity contribution in [2.45, 2.75) is 6.92 Å². The van der Waals surface area contributed by atoms with Crippen molar-refractivity contribution in [3.63, 3.8) is 0 Å². The second kappa shape index (κ2) is 6.70. The number of hydrogen-bond donors (Lipinski definition) is 2. The number of aromatic nitrogens is 2. The van der Waals surface area contributed by atoms with E-state index in [9.17, 15) is 10.1 Å². The van der Waals surface area contributed by atoms with Crippen molar-refractivity contribution < 1.29 is 5.03 Å². The van der Waals surface area contributed by atoms with Crippen molar-refractivity contribution in [1.29, 1.82) is 0 Å². The molecule has 0 aliphatic carbocycles. The van der Waals surface area contributed by atoms with Crippen molar-refractivity contribution in [2.24, 2.45) is 10.7 Å². The molecule has 0 bridgehead atoms. The van der Waals surface area contributed by atoms with Gasteiger partial charge in [0.2, 0.25) is 0 Å². The van der Waals surface area contributed by atoms with Crippen LogP contribution in [0.2, 0.25) is 5.02 Å². The van der Waals surface area contributed by atoms with E-state index in [1.54, 1.807) is 23.6 Å². The van der Waals surface area contributed by atoms with Gasteiger partial charge in [-0.3, -0.25) is 0 Å². The van der Waals surface area contributed by atoms with Crippen LogP contribution in [0, 0.1) is 17.0 Å². The van der Waals surface area contributed by atoms with Crippen molar-refractivity contribution in [3.8, 4) is 11.3 Å². The Labute approximate surface area is 147 Å². The first-order valence-electron chi connectivity index (χ1n) is 7.22. The third kappa shape index (κ3) is 3.81. The van der Waals surface area contributed by atoms with E-state index >= 15 is 0 Å². The van der Waals surface area contributed by atoms with Gasteiger partial charge in [-0.2, -0.15) is 4.99 Å². The highest BCUT2D eigenvalue weighted by atomic mass is 35.5. The zero-order chi connectivity index (χ0) is 18.0. The molecule has 126 valence electrons. The Morgan fingerprint density at radius 2 is 1.96 bits per heavy atom. The summed E-state index contributed by atoms with van der Waals surface area (Å²) in [5.74, 6) is -0.398. The number of nitro groups is 1. The maximum atomic E-state index is 10.4. The molecular formula is C16H13ClN6O2. The van der Waals surface area contributed by atoms with E-state index in [0.717, 1.165) is 16.5 Å². The molecular weight excluding hydrogens is 344 g/mol. The second-order valence-electron chi connectivity index (χ2n) is 5.27. The maximum Gasteiger partial charge on any atom is 0.259 e. The van der Waals surface area contributed by atoms with Crippen molar-refractivity contribution >= 4 is 34.4 Å². The molecule has 2 aromatic carbocycles. The first-order chi connectivity index (χ1) is 11.9. The van der Waals surface area contributed by atoms with Crippen LogP contribution >= 0.6 is 11.6 Å². The summed E-state index contributed by atoms with van der Waals surface area (Å²) < 4.78 is 0. The molecule has 0 fully saturated rings. The summed E-state index contributed by atoms with van der Waals surface area (Å²) in [5, 5.41) is 10.9. The molecule has 0 aliphatic rings. The van der Waals surface area contributed by atoms with Crippen molar-refractivity contribution in [1.82, 2.24) is 15.4 Å². The lowest BCUT2D eigenvalue weighted by atomic mass is 10.1. The number of aliphatic imine (C=N–C) groups is 1. The summed E-state index contributed by atoms with van der Waals surface area (Å²) in [5.41, 5.74) is 10.4. The van der Waals surface area contributed by atoms with Gasteiger partial charge in [-0.1, -0.05) is 46.9 Å². The van der Waals surface area contributed by atoms with Crippen LogP contribution in [0.4, 0.5) is 5.95 Å². The fourth-order valence-electron chi connectivity index (χ4n) is 2.30. The molecule has 0 saturated heterocycles. The minimum absolute atomic E-state index is 0.0113. The largest absolute Gasteiger partial charge is 0.365 e. The normalized spacial score (nSPS) is 11.5. The number of nitrogens with one attached hydrogen (secondary N) is 1. The predicted octanol–water partition coefficient (Wildman–Crippen LogP) is 2.99. The molecule has 0 amide bonds. The first-order valence-corrected chi connectivity index (χ1v) is 7.60. The molecule has 0 radical (unpaired) electrons. The van der Waals surface area contributed by atoms with Gasteiger partial charge in [-0.05, 0) is 25.1 Å². The highest BCUT2D eigenvalue weighted by Gasteiger charge is 2.11. The number of rotatable bonds is 3. The average Bonchev–Trinajstić information content (AvgIpc) is 2.54. The monoisotopic (exact) mass is 356 g/mol. The summed E-state index contributed by atoms with van der Waals surface area (Å²) in [7, 11) is 0. The van der Waals surface area contributed by atoms with Crippen LogP contribution < -0.4 is 11.2 Å². The van der Waals surface area contributed by atoms with Crippen LogP contribution in [-0.4, -0.2) is 21.0 Å². The van der Waals surface area contributed by atoms with Crippen molar-refractivity contribution in [3.05, 3.63) is 63.2 Å². The van der Waals surface area contributed by atoms with Gasteiger partial charge < -0.3 is 5.73 Å². The molecule has 0 spiro atoms. The van der Waals surface area contributed by atoms with Crippen LogP contribution in [0.3, 0.4) is 0 Å². The highest BCUT2D eigenvalue weighted by Crippen LogP contribution is 2.30. The van der Waals surface area contributed by atoms with Crippen LogP contribution in [0.25, 0.3) is 22.2 Å². The van der Waals surface area contributed by atoms with E-state index in [1.807, 2.05) is 31.2 Å². The quantitative estimate of drug-likeness (QED) is 0.322. The van der Waals surface area contributed by atoms with E-state index in [1.165, 1.54) is 0 Å². The molecule has 3 aromatic rings. The zero-order valence-electron chi connectivity index (χ0n) is 13.1. The van der Waals surface area contributed by atoms with Crippen LogP contribution in [-0.2, 0) is 0 Å². The lowest BCUT2D eigenvalue weighted by Gasteiger charge is -2.08. The Bertz CT molecular complexity index is 988. The van der Waals surface area contributed by atoms with Gasteiger partial charge in [0.05, 0.1) is 11.2 Å². The third-order valence-corrected chi connectivity index (χ3v) is 3.63. The minimum Gasteiger partial charge on any atom is -0.365 e. The van der Waals surface area contributed by atoms with Gasteiger partial charge in [0.25, 0.3) is 11.9 Å². The summed E-state index contributed by atoms with van der Waals surface area (Å²) >= 11 is 6.10. The third-order valence-electron chi connectivity index (χ3n) is 3.40. The number of hydrogen-bond acceptors (Lipinski definition) is 5. The van der Waals surface area contributed by atoms with Gasteiger partial charge in [-0.25, -0.2) is 20.1 Å². The van der Waals surface area contributed by atoms with Gasteiger partial charge in [0, 0.05) is 16.0 Å². The van der Waals surface area contributed by atoms with Crippen LogP contribution in [0.1, 0.15) is 5.56 Å². The number of halogens is 1. The van der Waals surface area contributed by atoms with E-state index in [4.69, 9.17) is 17.3 Å². The summed E-state index contributed by atoms with van der Waals surface area (Å²) in [4.78, 5) is 23.0. The van der Waals surface area contributed by atoms with Gasteiger partial charge >= 0.3 is 0 Å². The van der Waals surface area contributed by atoms with E-state index < -0.39 is 11.0 Å². The molecule has 8 nitrogen and oxygen atoms in total. The first kappa shape index (κ1) is 16.6. The molecule has 0 aliphatic heterocycles. The number of hydrazine groups is 1. The molecule has 25 heavy (non-hydrogen) atoms. The lowest BCUT2D eigenvalue weighted by molar-refractivity contribution is -0.525. The molecule has 3 N–H and O–H groups in total. The van der Waals surface area contributed by atoms with Gasteiger partial charge in [0.1, 0.15) is 0 Å². The fraction of sp³-hybridized carbons (Fsp3) is 0.0625. The number of guanidine groups is 1. The molecule has 0 unspecified atom stereocenters. The minimum atomic E-state index is -0.805. The standard InChI is InChI=1S/C16H13ClN6O2/c1-9-2-4-10(5-3-9)14-12-8-11(17)6-7-13(12)19-16(20-14)21-15(18)22-23(24)25/h2-8H,1H3,(H3,18,19,20,21,22). The van der Waals surface area contributed by atoms with Crippen LogP contribution in [0.5, 0.6) is 0 Å². The number of aryl methyl sites for hydroxylation is 1. The number of nitrogens with two attached hydrogens (primary N) is 1. The molecule has 9 heteroatoms. The highest BCUT2D eigenvalue weighted by molar-refractivity contribution is 6.31. The fourth-order valence-corrected chi connectivity index (χ4v) is 2.47. The summed E-state index contributed by atoms with van der Waals surface area (Å²) in [6, 6.07) is 12.9. The SMILES string of the molecule is Cc1ccc(-c2nc(N=C(N)N[N+](=O)[O-])nc3ccc(Cl)cc23)cc1. The maximum absolute atomic E-state index is 10.4. The van der Waals surface area contributed by atoms with Gasteiger partial charge in [-0.15, -0.1) is 0 Å². The van der Waals surface area contributed by atoms with Crippen LogP contribution in [0.15, 0.2) is 47.5 Å². The number of benzene rings is 2. The van der Waals surface area contributed by atoms with Gasteiger partial charge in [0.15, 0.2) is 5.03 Å². The van der Waals surface area contributed by atoms with E-state index in [0.29, 0.717) is 16.2 Å². The molecule has 1 aromatic heterocycles. The summed E-state index contributed by atoms with van der Waals surface area (Å²) in [6.07, 6.45) is 0. The predicted molar refractivity (Wildman–Crippen MR) is 96.1 cm³/mol. The number of nitrogens with zero attached hydrogens (tertiary/aromatic N) is 4. The molecule has 3 rings (SSSR count). The molecule has 1 heterocycles. The Balaban J connectivity index is 2.20. The average molecular weight is 357 g/mol.